The first-order valence-corrected chi connectivity index (χ1v) is 8.05. The lowest BCUT2D eigenvalue weighted by Crippen LogP contribution is -2.04. The van der Waals surface area contributed by atoms with E-state index in [2.05, 4.69) is 15.3 Å². The largest absolute Gasteiger partial charge is 0.416 e. The van der Waals surface area contributed by atoms with Crippen LogP contribution in [0.15, 0.2) is 60.9 Å². The molecule has 0 spiro atoms. The highest BCUT2D eigenvalue weighted by Crippen LogP contribution is 2.32. The monoisotopic (exact) mass is 360 g/mol. The van der Waals surface area contributed by atoms with Crippen molar-refractivity contribution >= 4 is 17.1 Å². The van der Waals surface area contributed by atoms with Gasteiger partial charge in [0.2, 0.25) is 0 Å². The standard InChI is InChI=1S/C17H13F3N4.C2H6/c18-17(19,20)11-2-5-13(6-3-11)24-15-7-4-12(21)10-14(15)16-22-8-1-9-23-16;1-2/h1-10,24H,21H2;1-2H3. The van der Waals surface area contributed by atoms with Crippen molar-refractivity contribution in [2.45, 2.75) is 20.0 Å². The fourth-order valence-electron chi connectivity index (χ4n) is 2.19. The molecule has 3 N–H and O–H groups in total. The molecule has 0 aliphatic rings. The molecule has 3 rings (SSSR count). The Hall–Kier alpha value is -3.09. The number of nitrogen functional groups attached to an aromatic ring is 1. The summed E-state index contributed by atoms with van der Waals surface area (Å²) >= 11 is 0. The molecule has 4 nitrogen and oxygen atoms in total. The van der Waals surface area contributed by atoms with E-state index in [1.807, 2.05) is 13.8 Å². The molecule has 0 saturated carbocycles. The zero-order valence-corrected chi connectivity index (χ0v) is 14.4. The molecule has 1 heterocycles. The van der Waals surface area contributed by atoms with E-state index in [1.165, 1.54) is 12.1 Å². The third kappa shape index (κ3) is 4.72. The second-order valence-electron chi connectivity index (χ2n) is 5.08. The lowest BCUT2D eigenvalue weighted by molar-refractivity contribution is -0.137. The molecule has 0 fully saturated rings. The highest BCUT2D eigenvalue weighted by molar-refractivity contribution is 5.80. The van der Waals surface area contributed by atoms with Gasteiger partial charge in [0, 0.05) is 35.0 Å². The maximum Gasteiger partial charge on any atom is 0.416 e. The van der Waals surface area contributed by atoms with Gasteiger partial charge in [0.1, 0.15) is 0 Å². The van der Waals surface area contributed by atoms with Crippen molar-refractivity contribution in [3.8, 4) is 11.4 Å². The van der Waals surface area contributed by atoms with Gasteiger partial charge in [0.05, 0.1) is 5.56 Å². The van der Waals surface area contributed by atoms with Gasteiger partial charge in [-0.3, -0.25) is 0 Å². The highest BCUT2D eigenvalue weighted by Gasteiger charge is 2.29. The van der Waals surface area contributed by atoms with Crippen LogP contribution < -0.4 is 11.1 Å². The van der Waals surface area contributed by atoms with Crippen LogP contribution in [0.1, 0.15) is 19.4 Å². The normalized spacial score (nSPS) is 10.7. The molecule has 3 aromatic rings. The smallest absolute Gasteiger partial charge is 0.399 e. The molecule has 0 bridgehead atoms. The van der Waals surface area contributed by atoms with Gasteiger partial charge in [-0.2, -0.15) is 13.2 Å². The van der Waals surface area contributed by atoms with Crippen LogP contribution in [0, 0.1) is 0 Å². The summed E-state index contributed by atoms with van der Waals surface area (Å²) in [6, 6.07) is 11.6. The Bertz CT molecular complexity index is 832. The van der Waals surface area contributed by atoms with Crippen molar-refractivity contribution in [3.63, 3.8) is 0 Å². The third-order valence-corrected chi connectivity index (χ3v) is 3.34. The van der Waals surface area contributed by atoms with Gasteiger partial charge in [0.15, 0.2) is 5.82 Å². The summed E-state index contributed by atoms with van der Waals surface area (Å²) in [5.74, 6) is 0.471. The van der Waals surface area contributed by atoms with Gasteiger partial charge < -0.3 is 11.1 Å². The van der Waals surface area contributed by atoms with Crippen molar-refractivity contribution in [2.24, 2.45) is 0 Å². The lowest BCUT2D eigenvalue weighted by Gasteiger charge is -2.13. The third-order valence-electron chi connectivity index (χ3n) is 3.34. The Balaban J connectivity index is 0.00000117. The van der Waals surface area contributed by atoms with Gasteiger partial charge in [-0.25, -0.2) is 9.97 Å². The lowest BCUT2D eigenvalue weighted by atomic mass is 10.1. The van der Waals surface area contributed by atoms with E-state index < -0.39 is 11.7 Å². The van der Waals surface area contributed by atoms with E-state index >= 15 is 0 Å². The number of hydrogen-bond acceptors (Lipinski definition) is 4. The summed E-state index contributed by atoms with van der Waals surface area (Å²) in [6.45, 7) is 4.00. The Labute approximate surface area is 149 Å². The predicted molar refractivity (Wildman–Crippen MR) is 98.0 cm³/mol. The predicted octanol–water partition coefficient (Wildman–Crippen LogP) is 5.51. The Morgan fingerprint density at radius 1 is 0.923 bits per heavy atom. The second-order valence-corrected chi connectivity index (χ2v) is 5.08. The fraction of sp³-hybridized carbons (Fsp3) is 0.158. The number of hydrogen-bond donors (Lipinski definition) is 2. The molecule has 0 amide bonds. The van der Waals surface area contributed by atoms with Gasteiger partial charge >= 0.3 is 6.18 Å². The Kier molecular flexibility index (Phi) is 6.16. The van der Waals surface area contributed by atoms with E-state index in [0.717, 1.165) is 12.1 Å². The number of benzene rings is 2. The molecule has 0 saturated heterocycles. The number of nitrogens with two attached hydrogens (primary N) is 1. The molecule has 0 radical (unpaired) electrons. The zero-order valence-electron chi connectivity index (χ0n) is 14.4. The van der Waals surface area contributed by atoms with Crippen LogP contribution in [-0.4, -0.2) is 9.97 Å². The molecular formula is C19H19F3N4. The summed E-state index contributed by atoms with van der Waals surface area (Å²) in [5, 5.41) is 3.07. The van der Waals surface area contributed by atoms with Crippen LogP contribution in [0.25, 0.3) is 11.4 Å². The van der Waals surface area contributed by atoms with Crippen molar-refractivity contribution in [2.75, 3.05) is 11.1 Å². The zero-order chi connectivity index (χ0) is 19.2. The molecule has 136 valence electrons. The SMILES string of the molecule is CC.Nc1ccc(Nc2ccc(C(F)(F)F)cc2)c(-c2ncccn2)c1. The average Bonchev–Trinajstić information content (AvgIpc) is 2.65. The Morgan fingerprint density at radius 2 is 1.54 bits per heavy atom. The quantitative estimate of drug-likeness (QED) is 0.604. The number of rotatable bonds is 3. The molecular weight excluding hydrogens is 341 g/mol. The molecule has 7 heteroatoms. The topological polar surface area (TPSA) is 63.8 Å². The first kappa shape index (κ1) is 19.2. The number of anilines is 3. The number of nitrogens with zero attached hydrogens (tertiary/aromatic N) is 2. The summed E-state index contributed by atoms with van der Waals surface area (Å²) in [6.07, 6.45) is -1.15. The first-order valence-electron chi connectivity index (χ1n) is 8.05. The molecule has 0 unspecified atom stereocenters. The molecule has 1 aromatic heterocycles. The molecule has 2 aromatic carbocycles. The maximum absolute atomic E-state index is 12.6. The summed E-state index contributed by atoms with van der Waals surface area (Å²) < 4.78 is 37.9. The molecule has 26 heavy (non-hydrogen) atoms. The minimum atomic E-state index is -4.36. The maximum atomic E-state index is 12.6. The van der Waals surface area contributed by atoms with E-state index in [4.69, 9.17) is 5.73 Å². The summed E-state index contributed by atoms with van der Waals surface area (Å²) in [4.78, 5) is 8.37. The minimum Gasteiger partial charge on any atom is -0.399 e. The van der Waals surface area contributed by atoms with E-state index in [-0.39, 0.29) is 0 Å². The fourth-order valence-corrected chi connectivity index (χ4v) is 2.19. The molecule has 0 aliphatic carbocycles. The van der Waals surface area contributed by atoms with Gasteiger partial charge in [-0.15, -0.1) is 0 Å². The molecule has 0 atom stereocenters. The number of aromatic nitrogens is 2. The van der Waals surface area contributed by atoms with Crippen LogP contribution in [-0.2, 0) is 6.18 Å². The van der Waals surface area contributed by atoms with E-state index in [0.29, 0.717) is 28.5 Å². The van der Waals surface area contributed by atoms with Crippen LogP contribution >= 0.6 is 0 Å². The second kappa shape index (κ2) is 8.33. The van der Waals surface area contributed by atoms with Crippen LogP contribution in [0.5, 0.6) is 0 Å². The van der Waals surface area contributed by atoms with Crippen molar-refractivity contribution in [1.82, 2.24) is 9.97 Å². The summed E-state index contributed by atoms with van der Waals surface area (Å²) in [5.41, 5.74) is 7.49. The Morgan fingerprint density at radius 3 is 2.12 bits per heavy atom. The van der Waals surface area contributed by atoms with Crippen molar-refractivity contribution in [3.05, 3.63) is 66.5 Å². The van der Waals surface area contributed by atoms with E-state index in [1.54, 1.807) is 36.7 Å². The first-order chi connectivity index (χ1) is 12.4. The van der Waals surface area contributed by atoms with Crippen molar-refractivity contribution < 1.29 is 13.2 Å². The van der Waals surface area contributed by atoms with Crippen LogP contribution in [0.3, 0.4) is 0 Å². The number of nitrogens with one attached hydrogen (secondary N) is 1. The van der Waals surface area contributed by atoms with Crippen LogP contribution in [0.4, 0.5) is 30.2 Å². The summed E-state index contributed by atoms with van der Waals surface area (Å²) in [7, 11) is 0. The minimum absolute atomic E-state index is 0.471. The number of halogens is 3. The van der Waals surface area contributed by atoms with Gasteiger partial charge in [-0.05, 0) is 48.5 Å². The average molecular weight is 360 g/mol. The van der Waals surface area contributed by atoms with Gasteiger partial charge in [-0.1, -0.05) is 13.8 Å². The van der Waals surface area contributed by atoms with Crippen molar-refractivity contribution in [1.29, 1.82) is 0 Å². The van der Waals surface area contributed by atoms with Crippen LogP contribution in [0.2, 0.25) is 0 Å². The van der Waals surface area contributed by atoms with Gasteiger partial charge in [0.25, 0.3) is 0 Å². The molecule has 0 aliphatic heterocycles. The highest BCUT2D eigenvalue weighted by atomic mass is 19.4. The number of alkyl halides is 3. The van der Waals surface area contributed by atoms with E-state index in [9.17, 15) is 13.2 Å².